The zero-order chi connectivity index (χ0) is 15.5. The molecule has 0 fully saturated rings. The first-order valence-electron chi connectivity index (χ1n) is 6.67. The van der Waals surface area contributed by atoms with Crippen molar-refractivity contribution in [1.29, 1.82) is 0 Å². The Labute approximate surface area is 135 Å². The maximum Gasteiger partial charge on any atom is 0.287 e. The average molecular weight is 334 g/mol. The molecule has 0 unspecified atom stereocenters. The Morgan fingerprint density at radius 3 is 2.91 bits per heavy atom. The summed E-state index contributed by atoms with van der Waals surface area (Å²) in [6.45, 7) is 0.488. The summed E-state index contributed by atoms with van der Waals surface area (Å²) in [4.78, 5) is 25.3. The van der Waals surface area contributed by atoms with Gasteiger partial charge in [-0.3, -0.25) is 9.59 Å². The summed E-state index contributed by atoms with van der Waals surface area (Å²) >= 11 is 7.49. The van der Waals surface area contributed by atoms with E-state index in [2.05, 4.69) is 5.32 Å². The molecule has 3 aromatic rings. The highest BCUT2D eigenvalue weighted by atomic mass is 35.5. The molecule has 22 heavy (non-hydrogen) atoms. The number of nitrogens with one attached hydrogen (secondary N) is 1. The summed E-state index contributed by atoms with van der Waals surface area (Å²) in [7, 11) is 0. The second-order valence-electron chi connectivity index (χ2n) is 4.70. The van der Waals surface area contributed by atoms with Gasteiger partial charge >= 0.3 is 0 Å². The van der Waals surface area contributed by atoms with Crippen molar-refractivity contribution in [3.8, 4) is 0 Å². The second kappa shape index (κ2) is 6.34. The largest absolute Gasteiger partial charge is 0.451 e. The molecule has 2 aromatic heterocycles. The minimum Gasteiger partial charge on any atom is -0.451 e. The van der Waals surface area contributed by atoms with E-state index in [1.54, 1.807) is 23.5 Å². The van der Waals surface area contributed by atoms with Crippen LogP contribution < -0.4 is 10.7 Å². The standard InChI is InChI=1S/C16H12ClNO3S/c17-10-3-4-14-12(8-10)13(19)9-15(21-14)16(20)18-6-5-11-2-1-7-22-11/h1-4,7-9H,5-6H2,(H,18,20). The quantitative estimate of drug-likeness (QED) is 0.795. The van der Waals surface area contributed by atoms with Gasteiger partial charge in [0.25, 0.3) is 5.91 Å². The van der Waals surface area contributed by atoms with Crippen molar-refractivity contribution >= 4 is 39.8 Å². The van der Waals surface area contributed by atoms with Gasteiger partial charge in [-0.25, -0.2) is 0 Å². The normalized spacial score (nSPS) is 10.8. The summed E-state index contributed by atoms with van der Waals surface area (Å²) in [5, 5.41) is 5.56. The predicted molar refractivity (Wildman–Crippen MR) is 87.9 cm³/mol. The molecule has 1 aromatic carbocycles. The first kappa shape index (κ1) is 14.8. The predicted octanol–water partition coefficient (Wildman–Crippen LogP) is 3.48. The van der Waals surface area contributed by atoms with E-state index in [4.69, 9.17) is 16.0 Å². The molecule has 0 aliphatic heterocycles. The van der Waals surface area contributed by atoms with Crippen LogP contribution in [-0.2, 0) is 6.42 Å². The van der Waals surface area contributed by atoms with E-state index >= 15 is 0 Å². The highest BCUT2D eigenvalue weighted by Crippen LogP contribution is 2.17. The van der Waals surface area contributed by atoms with Crippen LogP contribution in [0.1, 0.15) is 15.4 Å². The molecule has 0 saturated heterocycles. The fourth-order valence-corrected chi connectivity index (χ4v) is 2.96. The molecule has 1 N–H and O–H groups in total. The first-order chi connectivity index (χ1) is 10.6. The van der Waals surface area contributed by atoms with Crippen molar-refractivity contribution in [3.63, 3.8) is 0 Å². The molecule has 1 amide bonds. The van der Waals surface area contributed by atoms with Gasteiger partial charge in [0.1, 0.15) is 5.58 Å². The number of hydrogen-bond donors (Lipinski definition) is 1. The molecular formula is C16H12ClNO3S. The third-order valence-electron chi connectivity index (χ3n) is 3.15. The van der Waals surface area contributed by atoms with Crippen molar-refractivity contribution < 1.29 is 9.21 Å². The van der Waals surface area contributed by atoms with Gasteiger partial charge in [0.05, 0.1) is 5.39 Å². The van der Waals surface area contributed by atoms with Crippen molar-refractivity contribution in [3.05, 3.63) is 67.7 Å². The fraction of sp³-hybridized carbons (Fsp3) is 0.125. The topological polar surface area (TPSA) is 59.3 Å². The molecule has 0 radical (unpaired) electrons. The number of benzene rings is 1. The fourth-order valence-electron chi connectivity index (χ4n) is 2.08. The highest BCUT2D eigenvalue weighted by molar-refractivity contribution is 7.09. The van der Waals surface area contributed by atoms with Crippen molar-refractivity contribution in [1.82, 2.24) is 5.32 Å². The number of rotatable bonds is 4. The number of thiophene rings is 1. The molecule has 6 heteroatoms. The third kappa shape index (κ3) is 3.21. The SMILES string of the molecule is O=C(NCCc1cccs1)c1cc(=O)c2cc(Cl)ccc2o1. The number of halogens is 1. The van der Waals surface area contributed by atoms with Crippen molar-refractivity contribution in [2.45, 2.75) is 6.42 Å². The van der Waals surface area contributed by atoms with Crippen LogP contribution in [0.15, 0.2) is 51.0 Å². The lowest BCUT2D eigenvalue weighted by atomic mass is 10.2. The van der Waals surface area contributed by atoms with Crippen LogP contribution in [0.2, 0.25) is 5.02 Å². The third-order valence-corrected chi connectivity index (χ3v) is 4.32. The molecule has 3 rings (SSSR count). The van der Waals surface area contributed by atoms with Gasteiger partial charge in [0, 0.05) is 22.5 Å². The van der Waals surface area contributed by atoms with Crippen molar-refractivity contribution in [2.75, 3.05) is 6.54 Å². The van der Waals surface area contributed by atoms with E-state index in [0.717, 1.165) is 6.42 Å². The molecule has 0 spiro atoms. The monoisotopic (exact) mass is 333 g/mol. The van der Waals surface area contributed by atoms with Crippen LogP contribution in [0.3, 0.4) is 0 Å². The van der Waals surface area contributed by atoms with E-state index in [0.29, 0.717) is 22.5 Å². The van der Waals surface area contributed by atoms with E-state index in [1.165, 1.54) is 17.0 Å². The number of carbonyl (C=O) groups is 1. The summed E-state index contributed by atoms with van der Waals surface area (Å²) in [6.07, 6.45) is 0.747. The van der Waals surface area contributed by atoms with E-state index in [-0.39, 0.29) is 11.2 Å². The van der Waals surface area contributed by atoms with Crippen LogP contribution in [0.25, 0.3) is 11.0 Å². The summed E-state index contributed by atoms with van der Waals surface area (Å²) in [6, 6.07) is 9.90. The van der Waals surface area contributed by atoms with Gasteiger partial charge in [-0.05, 0) is 36.1 Å². The maximum absolute atomic E-state index is 12.1. The van der Waals surface area contributed by atoms with Crippen molar-refractivity contribution in [2.24, 2.45) is 0 Å². The zero-order valence-corrected chi connectivity index (χ0v) is 13.0. The Bertz CT molecular complexity index is 871. The molecular weight excluding hydrogens is 322 g/mol. The molecule has 0 bridgehead atoms. The number of fused-ring (bicyclic) bond motifs is 1. The number of amides is 1. The van der Waals surface area contributed by atoms with Crippen LogP contribution in [0, 0.1) is 0 Å². The number of carbonyl (C=O) groups excluding carboxylic acids is 1. The average Bonchev–Trinajstić information content (AvgIpc) is 3.01. The first-order valence-corrected chi connectivity index (χ1v) is 7.93. The molecule has 0 atom stereocenters. The van der Waals surface area contributed by atoms with Gasteiger partial charge in [-0.1, -0.05) is 17.7 Å². The minimum atomic E-state index is -0.398. The van der Waals surface area contributed by atoms with Gasteiger partial charge < -0.3 is 9.73 Å². The van der Waals surface area contributed by atoms with E-state index < -0.39 is 5.91 Å². The Balaban J connectivity index is 1.76. The molecule has 112 valence electrons. The van der Waals surface area contributed by atoms with E-state index in [9.17, 15) is 9.59 Å². The van der Waals surface area contributed by atoms with Gasteiger partial charge in [0.2, 0.25) is 0 Å². The molecule has 0 aliphatic carbocycles. The van der Waals surface area contributed by atoms with Gasteiger partial charge in [-0.15, -0.1) is 11.3 Å². The van der Waals surface area contributed by atoms with E-state index in [1.807, 2.05) is 17.5 Å². The van der Waals surface area contributed by atoms with Crippen LogP contribution in [-0.4, -0.2) is 12.5 Å². The Morgan fingerprint density at radius 2 is 2.14 bits per heavy atom. The van der Waals surface area contributed by atoms with Gasteiger partial charge in [-0.2, -0.15) is 0 Å². The van der Waals surface area contributed by atoms with Crippen LogP contribution in [0.5, 0.6) is 0 Å². The summed E-state index contributed by atoms with van der Waals surface area (Å²) in [5.41, 5.74) is 0.0625. The summed E-state index contributed by atoms with van der Waals surface area (Å²) in [5.74, 6) is -0.392. The zero-order valence-electron chi connectivity index (χ0n) is 11.5. The summed E-state index contributed by atoms with van der Waals surface area (Å²) < 4.78 is 5.48. The van der Waals surface area contributed by atoms with Crippen LogP contribution in [0.4, 0.5) is 0 Å². The molecule has 4 nitrogen and oxygen atoms in total. The Hall–Kier alpha value is -2.11. The lowest BCUT2D eigenvalue weighted by Gasteiger charge is -2.05. The second-order valence-corrected chi connectivity index (χ2v) is 6.17. The lowest BCUT2D eigenvalue weighted by Crippen LogP contribution is -2.26. The molecule has 2 heterocycles. The highest BCUT2D eigenvalue weighted by Gasteiger charge is 2.12. The lowest BCUT2D eigenvalue weighted by molar-refractivity contribution is 0.0927. The Morgan fingerprint density at radius 1 is 1.27 bits per heavy atom. The molecule has 0 saturated carbocycles. The number of hydrogen-bond acceptors (Lipinski definition) is 4. The minimum absolute atomic E-state index is 0.00556. The molecule has 0 aliphatic rings. The van der Waals surface area contributed by atoms with Gasteiger partial charge in [0.15, 0.2) is 11.2 Å². The smallest absolute Gasteiger partial charge is 0.287 e. The van der Waals surface area contributed by atoms with Crippen LogP contribution >= 0.6 is 22.9 Å². The maximum atomic E-state index is 12.1. The Kier molecular flexibility index (Phi) is 4.27.